The first kappa shape index (κ1) is 22.8. The van der Waals surface area contributed by atoms with Gasteiger partial charge in [-0.05, 0) is 43.0 Å². The minimum Gasteiger partial charge on any atom is -0.361 e. The maximum Gasteiger partial charge on any atom is 0.216 e. The van der Waals surface area contributed by atoms with Crippen molar-refractivity contribution < 1.29 is 8.42 Å². The molecular weight excluding hydrogens is 410 g/mol. The fourth-order valence-corrected chi connectivity index (χ4v) is 5.02. The SMILES string of the molecule is CN=C(NCCc1c[nH]c2ccccc12)NCc1ccccc1CS(=O)(=O)NC(C)C. The largest absolute Gasteiger partial charge is 0.361 e. The third-order valence-electron chi connectivity index (χ3n) is 4.91. The van der Waals surface area contributed by atoms with Crippen molar-refractivity contribution in [3.63, 3.8) is 0 Å². The molecule has 0 saturated heterocycles. The van der Waals surface area contributed by atoms with Crippen LogP contribution in [0.1, 0.15) is 30.5 Å². The third-order valence-corrected chi connectivity index (χ3v) is 6.43. The molecule has 4 N–H and O–H groups in total. The van der Waals surface area contributed by atoms with E-state index in [1.165, 1.54) is 10.9 Å². The van der Waals surface area contributed by atoms with E-state index in [2.05, 4.69) is 37.5 Å². The quantitative estimate of drug-likeness (QED) is 0.303. The predicted octanol–water partition coefficient (Wildman–Crippen LogP) is 2.90. The third kappa shape index (κ3) is 6.57. The fraction of sp³-hybridized carbons (Fsp3) is 0.348. The lowest BCUT2D eigenvalue weighted by molar-refractivity contribution is 0.568. The van der Waals surface area contributed by atoms with Gasteiger partial charge in [-0.1, -0.05) is 42.5 Å². The minimum absolute atomic E-state index is 0.0460. The van der Waals surface area contributed by atoms with Crippen molar-refractivity contribution in [2.75, 3.05) is 13.6 Å². The van der Waals surface area contributed by atoms with E-state index in [1.54, 1.807) is 7.05 Å². The second kappa shape index (κ2) is 10.5. The summed E-state index contributed by atoms with van der Waals surface area (Å²) < 4.78 is 27.3. The Balaban J connectivity index is 1.56. The van der Waals surface area contributed by atoms with Crippen molar-refractivity contribution in [1.29, 1.82) is 0 Å². The molecule has 1 aromatic heterocycles. The molecule has 0 aliphatic rings. The van der Waals surface area contributed by atoms with Crippen LogP contribution in [0.4, 0.5) is 0 Å². The van der Waals surface area contributed by atoms with Crippen LogP contribution in [0.2, 0.25) is 0 Å². The molecule has 0 saturated carbocycles. The average molecular weight is 442 g/mol. The summed E-state index contributed by atoms with van der Waals surface area (Å²) in [6.45, 7) is 4.85. The zero-order chi connectivity index (χ0) is 22.3. The second-order valence-corrected chi connectivity index (χ2v) is 9.52. The van der Waals surface area contributed by atoms with Gasteiger partial charge in [-0.3, -0.25) is 4.99 Å². The standard InChI is InChI=1S/C23H31N5O2S/c1-17(2)28-31(29,30)16-20-9-5-4-8-18(20)14-27-23(24-3)25-13-12-19-15-26-22-11-7-6-10-21(19)22/h4-11,15,17,26,28H,12-14,16H2,1-3H3,(H2,24,25,27). The van der Waals surface area contributed by atoms with Gasteiger partial charge in [0.2, 0.25) is 10.0 Å². The molecule has 3 aromatic rings. The van der Waals surface area contributed by atoms with Gasteiger partial charge in [0.25, 0.3) is 0 Å². The molecule has 7 nitrogen and oxygen atoms in total. The highest BCUT2D eigenvalue weighted by Gasteiger charge is 2.15. The van der Waals surface area contributed by atoms with E-state index in [9.17, 15) is 8.42 Å². The number of H-pyrrole nitrogens is 1. The van der Waals surface area contributed by atoms with Crippen LogP contribution in [0.15, 0.2) is 59.7 Å². The Hall–Kier alpha value is -2.84. The van der Waals surface area contributed by atoms with Gasteiger partial charge >= 0.3 is 0 Å². The Morgan fingerprint density at radius 3 is 2.45 bits per heavy atom. The number of sulfonamides is 1. The normalized spacial score (nSPS) is 12.5. The summed E-state index contributed by atoms with van der Waals surface area (Å²) in [5, 5.41) is 7.85. The molecule has 3 rings (SSSR count). The first-order chi connectivity index (χ1) is 14.9. The topological polar surface area (TPSA) is 98.4 Å². The van der Waals surface area contributed by atoms with E-state index >= 15 is 0 Å². The second-order valence-electron chi connectivity index (χ2n) is 7.76. The van der Waals surface area contributed by atoms with Crippen LogP contribution in [0, 0.1) is 0 Å². The summed E-state index contributed by atoms with van der Waals surface area (Å²) in [5.74, 6) is 0.633. The van der Waals surface area contributed by atoms with Gasteiger partial charge in [-0.15, -0.1) is 0 Å². The summed E-state index contributed by atoms with van der Waals surface area (Å²) in [7, 11) is -1.66. The van der Waals surface area contributed by atoms with Crippen molar-refractivity contribution >= 4 is 26.9 Å². The summed E-state index contributed by atoms with van der Waals surface area (Å²) in [5.41, 5.74) is 4.10. The number of aromatic nitrogens is 1. The van der Waals surface area contributed by atoms with E-state index in [4.69, 9.17) is 0 Å². The van der Waals surface area contributed by atoms with E-state index in [0.29, 0.717) is 12.5 Å². The number of aromatic amines is 1. The number of nitrogens with zero attached hydrogens (tertiary/aromatic N) is 1. The van der Waals surface area contributed by atoms with E-state index in [1.807, 2.05) is 56.4 Å². The highest BCUT2D eigenvalue weighted by molar-refractivity contribution is 7.88. The number of guanidine groups is 1. The first-order valence-corrected chi connectivity index (χ1v) is 12.1. The summed E-state index contributed by atoms with van der Waals surface area (Å²) in [6.07, 6.45) is 2.91. The highest BCUT2D eigenvalue weighted by Crippen LogP contribution is 2.17. The molecule has 1 heterocycles. The molecule has 2 aromatic carbocycles. The maximum absolute atomic E-state index is 12.3. The van der Waals surface area contributed by atoms with Gasteiger partial charge in [0, 0.05) is 43.3 Å². The van der Waals surface area contributed by atoms with Crippen molar-refractivity contribution in [3.8, 4) is 0 Å². The number of benzene rings is 2. The fourth-order valence-electron chi connectivity index (χ4n) is 3.53. The van der Waals surface area contributed by atoms with E-state index in [-0.39, 0.29) is 11.8 Å². The summed E-state index contributed by atoms with van der Waals surface area (Å²) in [4.78, 5) is 7.58. The van der Waals surface area contributed by atoms with Crippen molar-refractivity contribution in [2.24, 2.45) is 4.99 Å². The molecule has 0 spiro atoms. The van der Waals surface area contributed by atoms with Crippen LogP contribution in [-0.4, -0.2) is 39.0 Å². The van der Waals surface area contributed by atoms with Crippen molar-refractivity contribution in [3.05, 3.63) is 71.4 Å². The Morgan fingerprint density at radius 1 is 1.00 bits per heavy atom. The van der Waals surface area contributed by atoms with Gasteiger partial charge < -0.3 is 15.6 Å². The van der Waals surface area contributed by atoms with E-state index < -0.39 is 10.0 Å². The molecule has 0 aliphatic heterocycles. The van der Waals surface area contributed by atoms with Crippen LogP contribution in [0.3, 0.4) is 0 Å². The molecule has 0 radical (unpaired) electrons. The summed E-state index contributed by atoms with van der Waals surface area (Å²) in [6, 6.07) is 15.7. The molecule has 0 bridgehead atoms. The molecule has 0 aliphatic carbocycles. The van der Waals surface area contributed by atoms with Gasteiger partial charge in [0.15, 0.2) is 5.96 Å². The van der Waals surface area contributed by atoms with Crippen molar-refractivity contribution in [2.45, 2.75) is 38.6 Å². The summed E-state index contributed by atoms with van der Waals surface area (Å²) >= 11 is 0. The number of nitrogens with one attached hydrogen (secondary N) is 4. The molecule has 0 unspecified atom stereocenters. The van der Waals surface area contributed by atoms with Gasteiger partial charge in [0.05, 0.1) is 5.75 Å². The molecular formula is C23H31N5O2S. The Morgan fingerprint density at radius 2 is 1.71 bits per heavy atom. The number of rotatable bonds is 9. The first-order valence-electron chi connectivity index (χ1n) is 10.4. The zero-order valence-electron chi connectivity index (χ0n) is 18.3. The number of para-hydroxylation sites is 1. The molecule has 0 amide bonds. The smallest absolute Gasteiger partial charge is 0.216 e. The lowest BCUT2D eigenvalue weighted by Gasteiger charge is -2.15. The number of fused-ring (bicyclic) bond motifs is 1. The maximum atomic E-state index is 12.3. The average Bonchev–Trinajstić information content (AvgIpc) is 3.13. The monoisotopic (exact) mass is 441 g/mol. The van der Waals surface area contributed by atoms with Crippen LogP contribution in [0.5, 0.6) is 0 Å². The van der Waals surface area contributed by atoms with E-state index in [0.717, 1.165) is 29.6 Å². The number of aliphatic imine (C=N–C) groups is 1. The van der Waals surface area contributed by atoms with Crippen LogP contribution < -0.4 is 15.4 Å². The Bertz CT molecular complexity index is 1140. The van der Waals surface area contributed by atoms with Crippen LogP contribution in [0.25, 0.3) is 10.9 Å². The van der Waals surface area contributed by atoms with Crippen LogP contribution >= 0.6 is 0 Å². The molecule has 0 atom stereocenters. The molecule has 8 heteroatoms. The number of hydrogen-bond donors (Lipinski definition) is 4. The Labute approximate surface area is 184 Å². The lowest BCUT2D eigenvalue weighted by Crippen LogP contribution is -2.38. The zero-order valence-corrected chi connectivity index (χ0v) is 19.1. The molecule has 31 heavy (non-hydrogen) atoms. The van der Waals surface area contributed by atoms with Gasteiger partial charge in [-0.25, -0.2) is 13.1 Å². The Kier molecular flexibility index (Phi) is 7.70. The van der Waals surface area contributed by atoms with Gasteiger partial charge in [-0.2, -0.15) is 0 Å². The molecule has 166 valence electrons. The minimum atomic E-state index is -3.38. The van der Waals surface area contributed by atoms with Gasteiger partial charge in [0.1, 0.15) is 0 Å². The predicted molar refractivity (Wildman–Crippen MR) is 128 cm³/mol. The van der Waals surface area contributed by atoms with Crippen LogP contribution in [-0.2, 0) is 28.7 Å². The molecule has 0 fully saturated rings. The lowest BCUT2D eigenvalue weighted by atomic mass is 10.1. The van der Waals surface area contributed by atoms with Crippen molar-refractivity contribution in [1.82, 2.24) is 20.3 Å². The highest BCUT2D eigenvalue weighted by atomic mass is 32.2. The number of hydrogen-bond acceptors (Lipinski definition) is 3.